The van der Waals surface area contributed by atoms with Crippen molar-refractivity contribution in [1.82, 2.24) is 14.9 Å². The maximum atomic E-state index is 10.6. The molecule has 0 bridgehead atoms. The molecule has 8 nitrogen and oxygen atoms in total. The number of rotatable bonds is 3. The molecule has 2 aliphatic rings. The number of hydrogen-bond acceptors (Lipinski definition) is 7. The molecule has 2 fully saturated rings. The minimum atomic E-state index is -5.08. The van der Waals surface area contributed by atoms with Crippen molar-refractivity contribution in [3.05, 3.63) is 18.5 Å². The molecule has 1 N–H and O–H groups in total. The Hall–Kier alpha value is -1.98. The first-order valence-electron chi connectivity index (χ1n) is 8.80. The van der Waals surface area contributed by atoms with Crippen molar-refractivity contribution in [2.45, 2.75) is 18.2 Å². The number of carboxylic acids is 1. The molecule has 0 amide bonds. The van der Waals surface area contributed by atoms with Gasteiger partial charge in [0.05, 0.1) is 26.4 Å². The van der Waals surface area contributed by atoms with E-state index >= 15 is 0 Å². The van der Waals surface area contributed by atoms with Gasteiger partial charge >= 0.3 is 12.1 Å². The molecule has 0 saturated carbocycles. The highest BCUT2D eigenvalue weighted by Crippen LogP contribution is 2.33. The molecule has 3 heterocycles. The number of hydrogen-bond donors (Lipinski definition) is 1. The predicted octanol–water partition coefficient (Wildman–Crippen LogP) is 1.28. The molecule has 3 rings (SSSR count). The Morgan fingerprint density at radius 2 is 2.04 bits per heavy atom. The molecule has 0 radical (unpaired) electrons. The molecule has 0 aliphatic carbocycles. The molecule has 2 unspecified atom stereocenters. The van der Waals surface area contributed by atoms with E-state index in [0.29, 0.717) is 19.1 Å². The van der Waals surface area contributed by atoms with Gasteiger partial charge in [-0.05, 0) is 32.5 Å². The number of carbonyl (C=O) groups is 1. The molecule has 158 valence electrons. The highest BCUT2D eigenvalue weighted by Gasteiger charge is 2.43. The third-order valence-corrected chi connectivity index (χ3v) is 4.34. The van der Waals surface area contributed by atoms with Gasteiger partial charge in [0, 0.05) is 25.5 Å². The fourth-order valence-corrected chi connectivity index (χ4v) is 3.31. The van der Waals surface area contributed by atoms with Gasteiger partial charge in [0.2, 0.25) is 5.95 Å². The third kappa shape index (κ3) is 6.57. The monoisotopic (exact) mass is 406 g/mol. The number of ether oxygens (including phenoxy) is 2. The first kappa shape index (κ1) is 22.3. The Kier molecular flexibility index (Phi) is 7.55. The standard InChI is InChI=1S/C15H24N4O2.C2HF3O2/c1-18(2)9-13-8-15(21-10-13)11-19(6-7-20-12-15)14-16-4-3-5-17-14;3-2(4,5)1(6)7/h3-5,13H,6-12H2,1-2H3;(H,6,7). The Labute approximate surface area is 161 Å². The summed E-state index contributed by atoms with van der Waals surface area (Å²) < 4.78 is 43.7. The number of alkyl halides is 3. The zero-order valence-electron chi connectivity index (χ0n) is 15.9. The summed E-state index contributed by atoms with van der Waals surface area (Å²) in [4.78, 5) is 22.0. The molecule has 2 saturated heterocycles. The minimum absolute atomic E-state index is 0.212. The fraction of sp³-hybridized carbons (Fsp3) is 0.706. The summed E-state index contributed by atoms with van der Waals surface area (Å²) >= 11 is 0. The second-order valence-corrected chi connectivity index (χ2v) is 7.15. The van der Waals surface area contributed by atoms with Gasteiger partial charge in [0.25, 0.3) is 0 Å². The fourth-order valence-electron chi connectivity index (χ4n) is 3.31. The SMILES string of the molecule is CN(C)CC1COC2(COCCN(c3ncccn3)C2)C1.O=C(O)C(F)(F)F. The zero-order chi connectivity index (χ0) is 20.8. The molecule has 0 aromatic carbocycles. The van der Waals surface area contributed by atoms with Crippen LogP contribution in [0.1, 0.15) is 6.42 Å². The zero-order valence-corrected chi connectivity index (χ0v) is 15.9. The molecular formula is C17H25F3N4O4. The maximum Gasteiger partial charge on any atom is 0.490 e. The van der Waals surface area contributed by atoms with Crippen LogP contribution in [0.2, 0.25) is 0 Å². The first-order valence-corrected chi connectivity index (χ1v) is 8.80. The van der Waals surface area contributed by atoms with Crippen LogP contribution in [0.5, 0.6) is 0 Å². The molecule has 28 heavy (non-hydrogen) atoms. The van der Waals surface area contributed by atoms with Crippen LogP contribution in [-0.4, -0.2) is 91.3 Å². The van der Waals surface area contributed by atoms with E-state index in [1.807, 2.05) is 6.07 Å². The molecule has 1 aromatic heterocycles. The van der Waals surface area contributed by atoms with Gasteiger partial charge in [-0.1, -0.05) is 0 Å². The van der Waals surface area contributed by atoms with Crippen LogP contribution < -0.4 is 4.90 Å². The largest absolute Gasteiger partial charge is 0.490 e. The van der Waals surface area contributed by atoms with Gasteiger partial charge in [-0.15, -0.1) is 0 Å². The topological polar surface area (TPSA) is 88.0 Å². The Morgan fingerprint density at radius 3 is 2.61 bits per heavy atom. The summed E-state index contributed by atoms with van der Waals surface area (Å²) in [6.07, 6.45) is -0.481. The average Bonchev–Trinajstić information content (AvgIpc) is 2.87. The minimum Gasteiger partial charge on any atom is -0.475 e. The molecule has 1 spiro atoms. The van der Waals surface area contributed by atoms with Crippen molar-refractivity contribution in [1.29, 1.82) is 0 Å². The quantitative estimate of drug-likeness (QED) is 0.803. The van der Waals surface area contributed by atoms with Crippen LogP contribution in [0.25, 0.3) is 0 Å². The normalized spacial score (nSPS) is 25.4. The van der Waals surface area contributed by atoms with Crippen molar-refractivity contribution in [2.24, 2.45) is 5.92 Å². The highest BCUT2D eigenvalue weighted by atomic mass is 19.4. The van der Waals surface area contributed by atoms with Crippen LogP contribution in [0, 0.1) is 5.92 Å². The first-order chi connectivity index (χ1) is 13.1. The Morgan fingerprint density at radius 1 is 1.39 bits per heavy atom. The van der Waals surface area contributed by atoms with Crippen LogP contribution in [0.4, 0.5) is 19.1 Å². The number of halogens is 3. The summed E-state index contributed by atoms with van der Waals surface area (Å²) in [5, 5.41) is 7.12. The van der Waals surface area contributed by atoms with Gasteiger partial charge in [0.1, 0.15) is 5.60 Å². The third-order valence-electron chi connectivity index (χ3n) is 4.34. The lowest BCUT2D eigenvalue weighted by Gasteiger charge is -2.31. The lowest BCUT2D eigenvalue weighted by atomic mass is 9.94. The van der Waals surface area contributed by atoms with E-state index in [0.717, 1.165) is 38.6 Å². The number of nitrogens with zero attached hydrogens (tertiary/aromatic N) is 4. The van der Waals surface area contributed by atoms with Crippen molar-refractivity contribution in [3.63, 3.8) is 0 Å². The van der Waals surface area contributed by atoms with E-state index in [1.54, 1.807) is 12.4 Å². The van der Waals surface area contributed by atoms with Gasteiger partial charge in [0.15, 0.2) is 0 Å². The second-order valence-electron chi connectivity index (χ2n) is 7.15. The molecule has 2 aliphatic heterocycles. The number of aliphatic carboxylic acids is 1. The smallest absolute Gasteiger partial charge is 0.475 e. The number of aromatic nitrogens is 2. The molecule has 1 aromatic rings. The second kappa shape index (κ2) is 9.48. The van der Waals surface area contributed by atoms with Crippen LogP contribution in [-0.2, 0) is 14.3 Å². The summed E-state index contributed by atoms with van der Waals surface area (Å²) in [6.45, 7) is 4.85. The van der Waals surface area contributed by atoms with Gasteiger partial charge in [-0.2, -0.15) is 13.2 Å². The van der Waals surface area contributed by atoms with Crippen molar-refractivity contribution < 1.29 is 32.5 Å². The number of anilines is 1. The van der Waals surface area contributed by atoms with E-state index in [2.05, 4.69) is 33.9 Å². The molecule has 11 heteroatoms. The summed E-state index contributed by atoms with van der Waals surface area (Å²) in [7, 11) is 4.22. The number of carboxylic acid groups (broad SMARTS) is 1. The summed E-state index contributed by atoms with van der Waals surface area (Å²) in [5.74, 6) is -1.42. The molecular weight excluding hydrogens is 381 g/mol. The van der Waals surface area contributed by atoms with Crippen molar-refractivity contribution >= 4 is 11.9 Å². The van der Waals surface area contributed by atoms with Crippen molar-refractivity contribution in [3.8, 4) is 0 Å². The van der Waals surface area contributed by atoms with E-state index in [-0.39, 0.29) is 5.60 Å². The van der Waals surface area contributed by atoms with Crippen LogP contribution in [0.15, 0.2) is 18.5 Å². The van der Waals surface area contributed by atoms with Crippen LogP contribution in [0.3, 0.4) is 0 Å². The Bertz CT molecular complexity index is 633. The molecule has 2 atom stereocenters. The highest BCUT2D eigenvalue weighted by molar-refractivity contribution is 5.73. The van der Waals surface area contributed by atoms with E-state index in [1.165, 1.54) is 0 Å². The lowest BCUT2D eigenvalue weighted by molar-refractivity contribution is -0.192. The van der Waals surface area contributed by atoms with E-state index < -0.39 is 12.1 Å². The van der Waals surface area contributed by atoms with Gasteiger partial charge < -0.3 is 24.4 Å². The van der Waals surface area contributed by atoms with E-state index in [9.17, 15) is 13.2 Å². The lowest BCUT2D eigenvalue weighted by Crippen LogP contribution is -2.44. The summed E-state index contributed by atoms with van der Waals surface area (Å²) in [5.41, 5.74) is -0.212. The van der Waals surface area contributed by atoms with Crippen LogP contribution >= 0.6 is 0 Å². The predicted molar refractivity (Wildman–Crippen MR) is 94.1 cm³/mol. The van der Waals surface area contributed by atoms with Gasteiger partial charge in [-0.25, -0.2) is 14.8 Å². The Balaban J connectivity index is 0.000000345. The maximum absolute atomic E-state index is 10.6. The van der Waals surface area contributed by atoms with Crippen molar-refractivity contribution in [2.75, 3.05) is 58.5 Å². The van der Waals surface area contributed by atoms with E-state index in [4.69, 9.17) is 19.4 Å². The van der Waals surface area contributed by atoms with Gasteiger partial charge in [-0.3, -0.25) is 0 Å². The average molecular weight is 406 g/mol. The summed E-state index contributed by atoms with van der Waals surface area (Å²) in [6, 6.07) is 1.84.